The highest BCUT2D eigenvalue weighted by Gasteiger charge is 2.46. The van der Waals surface area contributed by atoms with Crippen molar-refractivity contribution in [1.29, 1.82) is 0 Å². The molecule has 0 saturated heterocycles. The number of benzene rings is 1. The molecule has 0 bridgehead atoms. The summed E-state index contributed by atoms with van der Waals surface area (Å²) < 4.78 is 11.0. The zero-order chi connectivity index (χ0) is 15.5. The summed E-state index contributed by atoms with van der Waals surface area (Å²) in [7, 11) is 1.44. The van der Waals surface area contributed by atoms with Crippen LogP contribution in [-0.2, 0) is 15.1 Å². The second-order valence-electron chi connectivity index (χ2n) is 6.30. The van der Waals surface area contributed by atoms with Crippen LogP contribution in [-0.4, -0.2) is 25.2 Å². The molecule has 1 aliphatic heterocycles. The summed E-state index contributed by atoms with van der Waals surface area (Å²) in [6.45, 7) is 7.09. The van der Waals surface area contributed by atoms with Crippen LogP contribution in [0.25, 0.3) is 0 Å². The summed E-state index contributed by atoms with van der Waals surface area (Å²) in [5.74, 6) is 0.646. The maximum atomic E-state index is 12.0. The third-order valence-corrected chi connectivity index (χ3v) is 3.90. The van der Waals surface area contributed by atoms with Crippen LogP contribution >= 0.6 is 0 Å². The van der Waals surface area contributed by atoms with Gasteiger partial charge in [0.25, 0.3) is 0 Å². The first-order chi connectivity index (χ1) is 9.92. The Kier molecular flexibility index (Phi) is 4.57. The van der Waals surface area contributed by atoms with Crippen LogP contribution in [0.4, 0.5) is 0 Å². The number of para-hydroxylation sites is 1. The van der Waals surface area contributed by atoms with E-state index in [0.717, 1.165) is 30.7 Å². The molecule has 0 radical (unpaired) electrons. The molecule has 4 nitrogen and oxygen atoms in total. The van der Waals surface area contributed by atoms with Gasteiger partial charge in [0, 0.05) is 12.0 Å². The first-order valence-electron chi connectivity index (χ1n) is 7.53. The maximum absolute atomic E-state index is 12.0. The van der Waals surface area contributed by atoms with Crippen LogP contribution in [0.2, 0.25) is 0 Å². The number of nitrogens with one attached hydrogen (secondary N) is 1. The molecule has 2 rings (SSSR count). The van der Waals surface area contributed by atoms with E-state index in [1.807, 2.05) is 24.3 Å². The lowest BCUT2D eigenvalue weighted by atomic mass is 9.75. The van der Waals surface area contributed by atoms with Crippen molar-refractivity contribution < 1.29 is 14.3 Å². The minimum Gasteiger partial charge on any atom is -0.487 e. The van der Waals surface area contributed by atoms with Crippen LogP contribution < -0.4 is 10.1 Å². The topological polar surface area (TPSA) is 47.6 Å². The fourth-order valence-electron chi connectivity index (χ4n) is 3.17. The molecule has 1 N–H and O–H groups in total. The summed E-state index contributed by atoms with van der Waals surface area (Å²) >= 11 is 0. The highest BCUT2D eigenvalue weighted by Crippen LogP contribution is 2.45. The number of methoxy groups -OCH3 is 1. The Morgan fingerprint density at radius 2 is 2.10 bits per heavy atom. The third kappa shape index (κ3) is 3.38. The summed E-state index contributed by atoms with van der Waals surface area (Å²) in [5, 5.41) is 3.58. The molecule has 116 valence electrons. The molecule has 0 saturated carbocycles. The molecule has 1 aromatic carbocycles. The number of carbonyl (C=O) groups is 1. The van der Waals surface area contributed by atoms with Gasteiger partial charge in [-0.25, -0.2) is 0 Å². The molecule has 0 aromatic heterocycles. The number of rotatable bonds is 5. The van der Waals surface area contributed by atoms with Crippen molar-refractivity contribution in [1.82, 2.24) is 5.32 Å². The minimum absolute atomic E-state index is 0.203. The van der Waals surface area contributed by atoms with E-state index in [-0.39, 0.29) is 11.6 Å². The van der Waals surface area contributed by atoms with Crippen LogP contribution in [0, 0.1) is 0 Å². The number of esters is 1. The van der Waals surface area contributed by atoms with Gasteiger partial charge in [-0.05, 0) is 32.9 Å². The van der Waals surface area contributed by atoms with Crippen molar-refractivity contribution in [3.63, 3.8) is 0 Å². The first-order valence-corrected chi connectivity index (χ1v) is 7.53. The monoisotopic (exact) mass is 291 g/mol. The highest BCUT2D eigenvalue weighted by molar-refractivity contribution is 5.72. The van der Waals surface area contributed by atoms with E-state index in [0.29, 0.717) is 6.42 Å². The van der Waals surface area contributed by atoms with Gasteiger partial charge in [0.1, 0.15) is 11.4 Å². The number of hydrogen-bond acceptors (Lipinski definition) is 4. The summed E-state index contributed by atoms with van der Waals surface area (Å²) in [6, 6.07) is 7.95. The zero-order valence-electron chi connectivity index (χ0n) is 13.4. The Balaban J connectivity index is 2.47. The molecular weight excluding hydrogens is 266 g/mol. The summed E-state index contributed by atoms with van der Waals surface area (Å²) in [4.78, 5) is 12.0. The van der Waals surface area contributed by atoms with Gasteiger partial charge >= 0.3 is 5.97 Å². The molecule has 1 heterocycles. The molecule has 1 atom stereocenters. The Morgan fingerprint density at radius 3 is 2.76 bits per heavy atom. The largest absolute Gasteiger partial charge is 0.487 e. The van der Waals surface area contributed by atoms with Crippen molar-refractivity contribution in [2.75, 3.05) is 13.7 Å². The lowest BCUT2D eigenvalue weighted by molar-refractivity contribution is -0.143. The van der Waals surface area contributed by atoms with E-state index in [1.54, 1.807) is 0 Å². The Morgan fingerprint density at radius 1 is 1.38 bits per heavy atom. The molecule has 1 aliphatic rings. The predicted octanol–water partition coefficient (Wildman–Crippen LogP) is 3.01. The maximum Gasteiger partial charge on any atom is 0.307 e. The normalized spacial score (nSPS) is 23.0. The average molecular weight is 291 g/mol. The van der Waals surface area contributed by atoms with Gasteiger partial charge in [0.2, 0.25) is 0 Å². The Bertz CT molecular complexity index is 513. The summed E-state index contributed by atoms with van der Waals surface area (Å²) in [6.07, 6.45) is 2.05. The number of fused-ring (bicyclic) bond motifs is 1. The standard InChI is InChI=1S/C17H25NO3/c1-5-10-18-17(11-15(19)20-4)12-16(2,3)21-14-9-7-6-8-13(14)17/h6-9,18H,5,10-12H2,1-4H3. The molecule has 0 aliphatic carbocycles. The molecule has 21 heavy (non-hydrogen) atoms. The molecule has 0 amide bonds. The van der Waals surface area contributed by atoms with Crippen LogP contribution in [0.5, 0.6) is 5.75 Å². The molecule has 0 spiro atoms. The highest BCUT2D eigenvalue weighted by atomic mass is 16.5. The molecule has 1 unspecified atom stereocenters. The van der Waals surface area contributed by atoms with Gasteiger partial charge in [-0.1, -0.05) is 25.1 Å². The molecular formula is C17H25NO3. The van der Waals surface area contributed by atoms with E-state index in [1.165, 1.54) is 7.11 Å². The fourth-order valence-corrected chi connectivity index (χ4v) is 3.17. The van der Waals surface area contributed by atoms with Gasteiger partial charge < -0.3 is 14.8 Å². The van der Waals surface area contributed by atoms with Crippen molar-refractivity contribution in [2.24, 2.45) is 0 Å². The Hall–Kier alpha value is -1.55. The van der Waals surface area contributed by atoms with Crippen molar-refractivity contribution in [3.05, 3.63) is 29.8 Å². The van der Waals surface area contributed by atoms with Gasteiger partial charge in [-0.15, -0.1) is 0 Å². The molecule has 4 heteroatoms. The van der Waals surface area contributed by atoms with Gasteiger partial charge in [0.15, 0.2) is 0 Å². The zero-order valence-corrected chi connectivity index (χ0v) is 13.4. The lowest BCUT2D eigenvalue weighted by Crippen LogP contribution is -2.53. The second-order valence-corrected chi connectivity index (χ2v) is 6.30. The summed E-state index contributed by atoms with van der Waals surface area (Å²) in [5.41, 5.74) is 0.285. The van der Waals surface area contributed by atoms with E-state index in [2.05, 4.69) is 26.1 Å². The molecule has 1 aromatic rings. The van der Waals surface area contributed by atoms with Crippen molar-refractivity contribution in [2.45, 2.75) is 51.2 Å². The van der Waals surface area contributed by atoms with Gasteiger partial charge in [0.05, 0.1) is 19.1 Å². The van der Waals surface area contributed by atoms with Crippen molar-refractivity contribution in [3.8, 4) is 5.75 Å². The fraction of sp³-hybridized carbons (Fsp3) is 0.588. The van der Waals surface area contributed by atoms with E-state index in [4.69, 9.17) is 9.47 Å². The number of ether oxygens (including phenoxy) is 2. The predicted molar refractivity (Wildman–Crippen MR) is 82.4 cm³/mol. The minimum atomic E-state index is -0.429. The van der Waals surface area contributed by atoms with Crippen LogP contribution in [0.15, 0.2) is 24.3 Å². The first kappa shape index (κ1) is 15.8. The average Bonchev–Trinajstić information content (AvgIpc) is 2.44. The van der Waals surface area contributed by atoms with Crippen LogP contribution in [0.3, 0.4) is 0 Å². The van der Waals surface area contributed by atoms with E-state index in [9.17, 15) is 4.79 Å². The van der Waals surface area contributed by atoms with Gasteiger partial charge in [-0.2, -0.15) is 0 Å². The van der Waals surface area contributed by atoms with E-state index >= 15 is 0 Å². The SMILES string of the molecule is CCCNC1(CC(=O)OC)CC(C)(C)Oc2ccccc21. The van der Waals surface area contributed by atoms with Gasteiger partial charge in [-0.3, -0.25) is 4.79 Å². The third-order valence-electron chi connectivity index (χ3n) is 3.90. The lowest BCUT2D eigenvalue weighted by Gasteiger charge is -2.46. The number of hydrogen-bond donors (Lipinski definition) is 1. The quantitative estimate of drug-likeness (QED) is 0.847. The number of carbonyl (C=O) groups excluding carboxylic acids is 1. The Labute approximate surface area is 126 Å². The van der Waals surface area contributed by atoms with Crippen molar-refractivity contribution >= 4 is 5.97 Å². The van der Waals surface area contributed by atoms with Crippen LogP contribution in [0.1, 0.15) is 45.6 Å². The second kappa shape index (κ2) is 6.06. The smallest absolute Gasteiger partial charge is 0.307 e. The molecule has 0 fully saturated rings. The van der Waals surface area contributed by atoms with E-state index < -0.39 is 5.54 Å².